The first kappa shape index (κ1) is 116. The molecular weight excluding hydrogens is 333 g/mol. The summed E-state index contributed by atoms with van der Waals surface area (Å²) in [6.45, 7) is 0. The minimum absolute atomic E-state index is 0. The minimum atomic E-state index is 0. The molecule has 0 aromatic rings. The van der Waals surface area contributed by atoms with Crippen molar-refractivity contribution in [2.45, 2.75) is 0 Å². The molecule has 0 aliphatic carbocycles. The quantitative estimate of drug-likeness (QED) is 0.414. The average molecular weight is 341 g/mol. The van der Waals surface area contributed by atoms with E-state index in [9.17, 15) is 0 Å². The molecule has 0 rings (SSSR count). The van der Waals surface area contributed by atoms with Crippen LogP contribution in [-0.4, -0.2) is 0 Å². The molecule has 7 heteroatoms. The summed E-state index contributed by atoms with van der Waals surface area (Å²) in [7, 11) is 0. The zero-order chi connectivity index (χ0) is 0. The van der Waals surface area contributed by atoms with Crippen LogP contribution in [0.3, 0.4) is 0 Å². The monoisotopic (exact) mass is 341 g/mol. The summed E-state index contributed by atoms with van der Waals surface area (Å²) in [6.07, 6.45) is 0. The van der Waals surface area contributed by atoms with Crippen LogP contribution in [0.1, 0.15) is 11.4 Å². The molecular formula is H8Co5F2. The topological polar surface area (TPSA) is 0 Å². The molecule has 67 valence electrons. The van der Waals surface area contributed by atoms with E-state index in [0.717, 1.165) is 0 Å². The van der Waals surface area contributed by atoms with Crippen molar-refractivity contribution in [2.75, 3.05) is 0 Å². The average Bonchev–Trinajstić information content (AvgIpc) is 0. The van der Waals surface area contributed by atoms with E-state index in [-0.39, 0.29) is 105 Å². The van der Waals surface area contributed by atoms with Gasteiger partial charge in [-0.05, 0) is 0 Å². The van der Waals surface area contributed by atoms with Crippen LogP contribution in [-0.2, 0) is 83.9 Å². The van der Waals surface area contributed by atoms with Gasteiger partial charge in [-0.2, -0.15) is 0 Å². The van der Waals surface area contributed by atoms with E-state index in [1.165, 1.54) is 0 Å². The molecule has 0 N–H and O–H groups in total. The summed E-state index contributed by atoms with van der Waals surface area (Å²) in [6, 6.07) is 0. The molecule has 7 heavy (non-hydrogen) atoms. The molecule has 0 heterocycles. The van der Waals surface area contributed by atoms with Crippen molar-refractivity contribution >= 4 is 0 Å². The minimum Gasteiger partial charge on any atom is -1.00 e. The Bertz CT molecular complexity index is 21.0. The maximum Gasteiger partial charge on any atom is 2.00 e. The van der Waals surface area contributed by atoms with Crippen molar-refractivity contribution in [3.8, 4) is 0 Å². The zero-order valence-electron chi connectivity index (χ0n) is 10.4. The third kappa shape index (κ3) is 59.9. The van der Waals surface area contributed by atoms with Crippen LogP contribution < -0.4 is 9.41 Å². The van der Waals surface area contributed by atoms with E-state index in [1.54, 1.807) is 0 Å². The molecule has 0 aliphatic rings. The maximum atomic E-state index is 0. The largest absolute Gasteiger partial charge is 2.00 e. The van der Waals surface area contributed by atoms with Gasteiger partial charge in [-0.15, -0.1) is 0 Å². The van der Waals surface area contributed by atoms with Crippen LogP contribution in [0.15, 0.2) is 0 Å². The van der Waals surface area contributed by atoms with Gasteiger partial charge in [-0.3, -0.25) is 0 Å². The van der Waals surface area contributed by atoms with Gasteiger partial charge in [0.1, 0.15) is 0 Å². The first-order chi connectivity index (χ1) is 0. The fourth-order valence-corrected chi connectivity index (χ4v) is 0. The van der Waals surface area contributed by atoms with Crippen LogP contribution in [0.2, 0.25) is 0 Å². The Kier molecular flexibility index (Phi) is 1320. The molecule has 0 aromatic carbocycles. The number of hydrogen-bond donors (Lipinski definition) is 0. The van der Waals surface area contributed by atoms with Gasteiger partial charge < -0.3 is 20.8 Å². The standard InChI is InChI=1S/5Co.2FH.8H/h;;;;;2*1H;;;;;;;;/q5*+2;;;8*-1/p-2. The summed E-state index contributed by atoms with van der Waals surface area (Å²) in [5, 5.41) is 0. The molecule has 0 aromatic heterocycles. The third-order valence-corrected chi connectivity index (χ3v) is 0. The predicted octanol–water partition coefficient (Wildman–Crippen LogP) is -5.10. The molecule has 5 radical (unpaired) electrons. The molecule has 0 aliphatic heterocycles. The van der Waals surface area contributed by atoms with E-state index in [1.807, 2.05) is 0 Å². The first-order valence-corrected chi connectivity index (χ1v) is 0. The zero-order valence-corrected chi connectivity index (χ0v) is 7.63. The number of rotatable bonds is 0. The van der Waals surface area contributed by atoms with Gasteiger partial charge in [0, 0.05) is 0 Å². The molecule has 0 saturated heterocycles. The van der Waals surface area contributed by atoms with E-state index in [4.69, 9.17) is 0 Å². The van der Waals surface area contributed by atoms with Crippen molar-refractivity contribution in [3.05, 3.63) is 0 Å². The Balaban J connectivity index is 0. The van der Waals surface area contributed by atoms with Crippen LogP contribution >= 0.6 is 0 Å². The van der Waals surface area contributed by atoms with Gasteiger partial charge in [0.25, 0.3) is 0 Å². The van der Waals surface area contributed by atoms with Crippen LogP contribution in [0, 0.1) is 0 Å². The Morgan fingerprint density at radius 2 is 0.429 bits per heavy atom. The molecule has 0 spiro atoms. The maximum absolute atomic E-state index is 0. The van der Waals surface area contributed by atoms with Crippen LogP contribution in [0.5, 0.6) is 0 Å². The normalized spacial score (nSPS) is 0. The van der Waals surface area contributed by atoms with E-state index in [0.29, 0.717) is 0 Å². The number of halogens is 2. The van der Waals surface area contributed by atoms with Gasteiger partial charge >= 0.3 is 83.9 Å². The van der Waals surface area contributed by atoms with Gasteiger partial charge in [-0.25, -0.2) is 0 Å². The SMILES string of the molecule is [Co+2].[Co+2].[Co+2].[Co+2].[Co+2].[F-].[F-].[H-].[H-].[H-].[H-].[H-].[H-].[H-].[H-]. The molecule has 0 fully saturated rings. The summed E-state index contributed by atoms with van der Waals surface area (Å²) < 4.78 is 0. The number of hydrogen-bond acceptors (Lipinski definition) is 0. The van der Waals surface area contributed by atoms with E-state index in [2.05, 4.69) is 0 Å². The smallest absolute Gasteiger partial charge is 1.00 e. The first-order valence-electron chi connectivity index (χ1n) is 0. The van der Waals surface area contributed by atoms with Crippen molar-refractivity contribution < 1.29 is 105 Å². The van der Waals surface area contributed by atoms with Crippen molar-refractivity contribution in [3.63, 3.8) is 0 Å². The fraction of sp³-hybridized carbons (Fsp3) is 0. The Labute approximate surface area is 104 Å². The summed E-state index contributed by atoms with van der Waals surface area (Å²) in [5.74, 6) is 0. The predicted molar refractivity (Wildman–Crippen MR) is 8.90 cm³/mol. The molecule has 0 saturated carbocycles. The third-order valence-electron chi connectivity index (χ3n) is 0. The molecule has 0 amide bonds. The van der Waals surface area contributed by atoms with Gasteiger partial charge in [0.05, 0.1) is 0 Å². The molecule has 0 atom stereocenters. The second-order valence-corrected chi connectivity index (χ2v) is 0. The van der Waals surface area contributed by atoms with E-state index < -0.39 is 0 Å². The van der Waals surface area contributed by atoms with Gasteiger partial charge in [-0.1, -0.05) is 0 Å². The Hall–Kier alpha value is 2.39. The van der Waals surface area contributed by atoms with Crippen molar-refractivity contribution in [2.24, 2.45) is 0 Å². The Morgan fingerprint density at radius 1 is 0.429 bits per heavy atom. The van der Waals surface area contributed by atoms with Crippen LogP contribution in [0.4, 0.5) is 0 Å². The second kappa shape index (κ2) is 80.1. The van der Waals surface area contributed by atoms with Gasteiger partial charge in [0.2, 0.25) is 0 Å². The van der Waals surface area contributed by atoms with Crippen molar-refractivity contribution in [1.82, 2.24) is 0 Å². The summed E-state index contributed by atoms with van der Waals surface area (Å²) >= 11 is 0. The van der Waals surface area contributed by atoms with E-state index >= 15 is 0 Å². The summed E-state index contributed by atoms with van der Waals surface area (Å²) in [5.41, 5.74) is 0. The molecule has 0 bridgehead atoms. The van der Waals surface area contributed by atoms with Gasteiger partial charge in [0.15, 0.2) is 0 Å². The Morgan fingerprint density at radius 3 is 0.429 bits per heavy atom. The second-order valence-electron chi connectivity index (χ2n) is 0. The summed E-state index contributed by atoms with van der Waals surface area (Å²) in [4.78, 5) is 0. The molecule has 0 unspecified atom stereocenters. The molecule has 0 nitrogen and oxygen atoms in total. The fourth-order valence-electron chi connectivity index (χ4n) is 0. The van der Waals surface area contributed by atoms with Crippen molar-refractivity contribution in [1.29, 1.82) is 0 Å². The van der Waals surface area contributed by atoms with Crippen LogP contribution in [0.25, 0.3) is 0 Å².